The largest absolute Gasteiger partial charge is 0.558 e. The van der Waals surface area contributed by atoms with Crippen LogP contribution in [0.15, 0.2) is 12.1 Å². The molecule has 22 heavy (non-hydrogen) atoms. The van der Waals surface area contributed by atoms with Gasteiger partial charge in [-0.25, -0.2) is 0 Å². The van der Waals surface area contributed by atoms with E-state index in [1.165, 1.54) is 16.7 Å². The summed E-state index contributed by atoms with van der Waals surface area (Å²) < 4.78 is 0. The first-order chi connectivity index (χ1) is 10.3. The van der Waals surface area contributed by atoms with Crippen LogP contribution in [0.25, 0.3) is 0 Å². The quantitative estimate of drug-likeness (QED) is 0.301. The summed E-state index contributed by atoms with van der Waals surface area (Å²) in [4.78, 5) is 12.8. The van der Waals surface area contributed by atoms with Gasteiger partial charge in [-0.1, -0.05) is 60.1 Å². The number of carbonyl (C=O) groups excluding carboxylic acids is 1. The second kappa shape index (κ2) is 8.82. The Kier molecular flexibility index (Phi) is 7.77. The number of rotatable bonds is 8. The molecule has 0 saturated carbocycles. The van der Waals surface area contributed by atoms with Crippen molar-refractivity contribution in [1.82, 2.24) is 0 Å². The van der Waals surface area contributed by atoms with Crippen molar-refractivity contribution < 1.29 is 4.79 Å². The van der Waals surface area contributed by atoms with Crippen LogP contribution in [0.2, 0.25) is 0 Å². The topological polar surface area (TPSA) is 17.1 Å². The maximum Gasteiger partial charge on any atom is 0.163 e. The van der Waals surface area contributed by atoms with Gasteiger partial charge in [-0.2, -0.15) is 6.16 Å². The minimum absolute atomic E-state index is 0.322. The summed E-state index contributed by atoms with van der Waals surface area (Å²) >= 11 is 0. The Morgan fingerprint density at radius 1 is 0.909 bits per heavy atom. The average molecular weight is 319 g/mol. The second-order valence-electron chi connectivity index (χ2n) is 7.17. The molecule has 0 bridgehead atoms. The summed E-state index contributed by atoms with van der Waals surface area (Å²) in [5.74, 6) is 1.58. The first-order valence-electron chi connectivity index (χ1n) is 8.65. The Balaban J connectivity index is 3.35. The van der Waals surface area contributed by atoms with Crippen molar-refractivity contribution in [3.8, 4) is 0 Å². The molecule has 0 atom stereocenters. The maximum atomic E-state index is 12.8. The first kappa shape index (κ1) is 19.4. The normalized spacial score (nSPS) is 11.7. The molecule has 1 aromatic rings. The number of carbonyl (C=O) groups is 1. The van der Waals surface area contributed by atoms with E-state index in [1.807, 2.05) is 0 Å². The van der Waals surface area contributed by atoms with Crippen LogP contribution in [-0.4, -0.2) is 11.9 Å². The third-order valence-corrected chi connectivity index (χ3v) is 4.60. The Morgan fingerprint density at radius 2 is 1.41 bits per heavy atom. The molecule has 0 fully saturated rings. The molecule has 2 heteroatoms. The molecular weight excluding hydrogens is 287 g/mol. The molecule has 0 N–H and O–H groups in total. The third kappa shape index (κ3) is 4.92. The SMILES string of the molecule is CC(C)c1cc(C(C)C)c(C(=O)CCCC[PH-])c(C(C)C)c1. The van der Waals surface area contributed by atoms with Crippen molar-refractivity contribution in [1.29, 1.82) is 0 Å². The summed E-state index contributed by atoms with van der Waals surface area (Å²) in [6.45, 7) is 13.2. The zero-order valence-electron chi connectivity index (χ0n) is 15.1. The van der Waals surface area contributed by atoms with E-state index in [-0.39, 0.29) is 0 Å². The summed E-state index contributed by atoms with van der Waals surface area (Å²) in [5, 5.41) is 0. The van der Waals surface area contributed by atoms with Gasteiger partial charge in [0.25, 0.3) is 0 Å². The highest BCUT2D eigenvalue weighted by Gasteiger charge is 2.21. The fraction of sp³-hybridized carbons (Fsp3) is 0.650. The van der Waals surface area contributed by atoms with Crippen LogP contribution in [0.4, 0.5) is 0 Å². The molecule has 1 rings (SSSR count). The van der Waals surface area contributed by atoms with Gasteiger partial charge in [0.1, 0.15) is 0 Å². The molecule has 0 heterocycles. The summed E-state index contributed by atoms with van der Waals surface area (Å²) in [7, 11) is 3.49. The molecule has 1 aromatic carbocycles. The van der Waals surface area contributed by atoms with E-state index in [0.29, 0.717) is 30.0 Å². The predicted molar refractivity (Wildman–Crippen MR) is 100 cm³/mol. The maximum absolute atomic E-state index is 12.8. The average Bonchev–Trinajstić information content (AvgIpc) is 2.45. The Morgan fingerprint density at radius 3 is 1.77 bits per heavy atom. The molecular formula is C20H32OP-. The van der Waals surface area contributed by atoms with Crippen LogP contribution in [0.1, 0.15) is 106 Å². The minimum atomic E-state index is 0.322. The standard InChI is InChI=1S/C20H32OP/c1-13(2)16-11-17(14(3)4)20(18(12-16)15(5)6)19(21)9-7-8-10-22/h11-15,22H,7-10H2,1-6H3/q-1. The second-order valence-corrected chi connectivity index (χ2v) is 7.67. The van der Waals surface area contributed by atoms with Crippen molar-refractivity contribution in [3.05, 3.63) is 34.4 Å². The van der Waals surface area contributed by atoms with Crippen LogP contribution in [0, 0.1) is 0 Å². The molecule has 0 radical (unpaired) electrons. The first-order valence-corrected chi connectivity index (χ1v) is 9.35. The van der Waals surface area contributed by atoms with Crippen LogP contribution in [0.3, 0.4) is 0 Å². The molecule has 0 saturated heterocycles. The minimum Gasteiger partial charge on any atom is -0.558 e. The van der Waals surface area contributed by atoms with Gasteiger partial charge in [-0.3, -0.25) is 4.79 Å². The van der Waals surface area contributed by atoms with Gasteiger partial charge < -0.3 is 9.24 Å². The zero-order valence-corrected chi connectivity index (χ0v) is 16.1. The van der Waals surface area contributed by atoms with Crippen LogP contribution >= 0.6 is 9.24 Å². The number of Topliss-reactive ketones (excluding diaryl/α,β-unsaturated/α-hetero) is 1. The van der Waals surface area contributed by atoms with E-state index in [9.17, 15) is 4.79 Å². The van der Waals surface area contributed by atoms with Crippen LogP contribution in [0.5, 0.6) is 0 Å². The fourth-order valence-corrected chi connectivity index (χ4v) is 3.06. The summed E-state index contributed by atoms with van der Waals surface area (Å²) in [6.07, 6.45) is 3.64. The number of unbranched alkanes of at least 4 members (excludes halogenated alkanes) is 1. The van der Waals surface area contributed by atoms with E-state index in [2.05, 4.69) is 62.9 Å². The van der Waals surface area contributed by atoms with E-state index < -0.39 is 0 Å². The van der Waals surface area contributed by atoms with Gasteiger partial charge in [0.2, 0.25) is 0 Å². The fourth-order valence-electron chi connectivity index (χ4n) is 2.81. The van der Waals surface area contributed by atoms with Crippen LogP contribution < -0.4 is 0 Å². The lowest BCUT2D eigenvalue weighted by atomic mass is 9.82. The van der Waals surface area contributed by atoms with Gasteiger partial charge in [-0.15, -0.1) is 0 Å². The molecule has 0 aliphatic rings. The van der Waals surface area contributed by atoms with Gasteiger partial charge in [0.05, 0.1) is 0 Å². The lowest BCUT2D eigenvalue weighted by Gasteiger charge is -2.22. The monoisotopic (exact) mass is 319 g/mol. The highest BCUT2D eigenvalue weighted by atomic mass is 31.0. The van der Waals surface area contributed by atoms with Crippen molar-refractivity contribution in [2.75, 3.05) is 6.16 Å². The Bertz CT molecular complexity index is 471. The van der Waals surface area contributed by atoms with E-state index in [1.54, 1.807) is 0 Å². The lowest BCUT2D eigenvalue weighted by Crippen LogP contribution is -2.12. The highest BCUT2D eigenvalue weighted by Crippen LogP contribution is 2.33. The number of benzene rings is 1. The molecule has 0 unspecified atom stereocenters. The van der Waals surface area contributed by atoms with Gasteiger partial charge in [-0.05, 0) is 40.9 Å². The van der Waals surface area contributed by atoms with E-state index >= 15 is 0 Å². The molecule has 124 valence electrons. The Labute approximate surface area is 139 Å². The Hall–Kier alpha value is -0.680. The van der Waals surface area contributed by atoms with Crippen molar-refractivity contribution in [2.24, 2.45) is 0 Å². The number of ketones is 1. The number of hydrogen-bond acceptors (Lipinski definition) is 1. The van der Waals surface area contributed by atoms with Crippen molar-refractivity contribution in [3.63, 3.8) is 0 Å². The molecule has 0 aromatic heterocycles. The van der Waals surface area contributed by atoms with Gasteiger partial charge in [0.15, 0.2) is 5.78 Å². The zero-order chi connectivity index (χ0) is 16.9. The van der Waals surface area contributed by atoms with E-state index in [4.69, 9.17) is 0 Å². The van der Waals surface area contributed by atoms with Crippen molar-refractivity contribution in [2.45, 2.75) is 78.6 Å². The van der Waals surface area contributed by atoms with Crippen molar-refractivity contribution >= 4 is 15.0 Å². The molecule has 0 aliphatic carbocycles. The van der Waals surface area contributed by atoms with Gasteiger partial charge >= 0.3 is 0 Å². The van der Waals surface area contributed by atoms with Crippen LogP contribution in [-0.2, 0) is 0 Å². The lowest BCUT2D eigenvalue weighted by molar-refractivity contribution is 0.0977. The third-order valence-electron chi connectivity index (χ3n) is 4.24. The smallest absolute Gasteiger partial charge is 0.163 e. The van der Waals surface area contributed by atoms with E-state index in [0.717, 1.165) is 24.6 Å². The molecule has 0 spiro atoms. The summed E-state index contributed by atoms with van der Waals surface area (Å²) in [5.41, 5.74) is 4.82. The highest BCUT2D eigenvalue weighted by molar-refractivity contribution is 7.16. The molecule has 0 amide bonds. The van der Waals surface area contributed by atoms with Gasteiger partial charge in [0, 0.05) is 12.0 Å². The molecule has 1 nitrogen and oxygen atoms in total. The number of hydrogen-bond donors (Lipinski definition) is 0. The molecule has 0 aliphatic heterocycles. The summed E-state index contributed by atoms with van der Waals surface area (Å²) in [6, 6.07) is 4.52. The predicted octanol–water partition coefficient (Wildman–Crippen LogP) is 6.55.